The zero-order valence-corrected chi connectivity index (χ0v) is 12.5. The van der Waals surface area contributed by atoms with Gasteiger partial charge in [-0.05, 0) is 25.0 Å². The van der Waals surface area contributed by atoms with Gasteiger partial charge in [0.05, 0.1) is 6.61 Å². The normalized spacial score (nSPS) is 18.0. The van der Waals surface area contributed by atoms with Crippen LogP contribution in [0.1, 0.15) is 23.5 Å². The number of nitrogens with zero attached hydrogens (tertiary/aromatic N) is 3. The maximum absolute atomic E-state index is 13.1. The van der Waals surface area contributed by atoms with Gasteiger partial charge in [-0.25, -0.2) is 4.39 Å². The third kappa shape index (κ3) is 3.77. The van der Waals surface area contributed by atoms with Crippen molar-refractivity contribution in [1.29, 1.82) is 0 Å². The van der Waals surface area contributed by atoms with E-state index >= 15 is 0 Å². The van der Waals surface area contributed by atoms with Crippen LogP contribution in [0.3, 0.4) is 0 Å². The quantitative estimate of drug-likeness (QED) is 0.889. The summed E-state index contributed by atoms with van der Waals surface area (Å²) in [6.45, 7) is 1.66. The lowest BCUT2D eigenvalue weighted by molar-refractivity contribution is 0.0621. The Morgan fingerprint density at radius 2 is 2.39 bits per heavy atom. The van der Waals surface area contributed by atoms with Crippen LogP contribution in [0.15, 0.2) is 24.3 Å². The molecule has 1 aliphatic rings. The van der Waals surface area contributed by atoms with Crippen LogP contribution < -0.4 is 10.5 Å². The van der Waals surface area contributed by atoms with E-state index in [9.17, 15) is 9.18 Å². The Kier molecular flexibility index (Phi) is 4.40. The van der Waals surface area contributed by atoms with Crippen LogP contribution in [0.2, 0.25) is 0 Å². The summed E-state index contributed by atoms with van der Waals surface area (Å²) in [6, 6.07) is 6.04. The summed E-state index contributed by atoms with van der Waals surface area (Å²) in [5.74, 6) is 0.341. The van der Waals surface area contributed by atoms with Crippen molar-refractivity contribution in [3.63, 3.8) is 0 Å². The van der Waals surface area contributed by atoms with Gasteiger partial charge in [-0.15, -0.1) is 5.10 Å². The van der Waals surface area contributed by atoms with Gasteiger partial charge in [0.1, 0.15) is 11.6 Å². The molecule has 3 rings (SSSR count). The van der Waals surface area contributed by atoms with Crippen LogP contribution in [0.5, 0.6) is 5.75 Å². The third-order valence-electron chi connectivity index (χ3n) is 3.79. The van der Waals surface area contributed by atoms with E-state index in [-0.39, 0.29) is 29.4 Å². The fourth-order valence-electron chi connectivity index (χ4n) is 2.68. The molecule has 1 aromatic carbocycles. The standard InChI is InChI=1S/C15H18FN5O2/c16-11-4-1-5-12(7-11)23-9-10-3-2-6-21(8-10)14(22)13-18-15(17)20-19-13/h1,4-5,7,10H,2-3,6,8-9H2,(H3,17,18,19,20)/t10-/m0/s1. The molecule has 8 heteroatoms. The number of likely N-dealkylation sites (tertiary alicyclic amines) is 1. The number of carbonyl (C=O) groups is 1. The predicted molar refractivity (Wildman–Crippen MR) is 81.3 cm³/mol. The number of halogens is 1. The van der Waals surface area contributed by atoms with Crippen LogP contribution in [0.4, 0.5) is 10.3 Å². The van der Waals surface area contributed by atoms with Gasteiger partial charge in [0, 0.05) is 25.1 Å². The van der Waals surface area contributed by atoms with Crippen molar-refractivity contribution in [1.82, 2.24) is 20.1 Å². The van der Waals surface area contributed by atoms with E-state index in [0.29, 0.717) is 25.4 Å². The number of hydrogen-bond donors (Lipinski definition) is 2. The Morgan fingerprint density at radius 1 is 1.52 bits per heavy atom. The van der Waals surface area contributed by atoms with Crippen molar-refractivity contribution in [2.45, 2.75) is 12.8 Å². The first kappa shape index (κ1) is 15.3. The molecule has 0 spiro atoms. The van der Waals surface area contributed by atoms with E-state index in [1.165, 1.54) is 12.1 Å². The van der Waals surface area contributed by atoms with Crippen molar-refractivity contribution >= 4 is 11.9 Å². The molecule has 0 unspecified atom stereocenters. The highest BCUT2D eigenvalue weighted by atomic mass is 19.1. The number of benzene rings is 1. The second-order valence-corrected chi connectivity index (χ2v) is 5.57. The largest absolute Gasteiger partial charge is 0.493 e. The minimum Gasteiger partial charge on any atom is -0.493 e. The van der Waals surface area contributed by atoms with Gasteiger partial charge in [-0.2, -0.15) is 4.98 Å². The zero-order valence-electron chi connectivity index (χ0n) is 12.5. The molecule has 0 bridgehead atoms. The van der Waals surface area contributed by atoms with Gasteiger partial charge in [0.15, 0.2) is 0 Å². The molecule has 1 atom stereocenters. The van der Waals surface area contributed by atoms with Gasteiger partial charge >= 0.3 is 0 Å². The zero-order chi connectivity index (χ0) is 16.2. The number of aromatic amines is 1. The van der Waals surface area contributed by atoms with Crippen LogP contribution in [0.25, 0.3) is 0 Å². The average molecular weight is 319 g/mol. The maximum Gasteiger partial charge on any atom is 0.291 e. The molecule has 0 aliphatic carbocycles. The highest BCUT2D eigenvalue weighted by Crippen LogP contribution is 2.20. The summed E-state index contributed by atoms with van der Waals surface area (Å²) in [4.78, 5) is 17.9. The van der Waals surface area contributed by atoms with Crippen molar-refractivity contribution in [3.8, 4) is 5.75 Å². The van der Waals surface area contributed by atoms with Crippen molar-refractivity contribution in [2.24, 2.45) is 5.92 Å². The monoisotopic (exact) mass is 319 g/mol. The number of piperidine rings is 1. The van der Waals surface area contributed by atoms with Gasteiger partial charge in [-0.3, -0.25) is 9.89 Å². The molecule has 122 valence electrons. The molecule has 2 heterocycles. The summed E-state index contributed by atoms with van der Waals surface area (Å²) in [5.41, 5.74) is 5.42. The van der Waals surface area contributed by atoms with Gasteiger partial charge in [0.2, 0.25) is 11.8 Å². The van der Waals surface area contributed by atoms with Gasteiger partial charge in [-0.1, -0.05) is 6.07 Å². The SMILES string of the molecule is Nc1n[nH]c(C(=O)N2CCC[C@H](COc3cccc(F)c3)C2)n1. The number of anilines is 1. The van der Waals surface area contributed by atoms with E-state index in [0.717, 1.165) is 12.8 Å². The first-order valence-electron chi connectivity index (χ1n) is 7.47. The lowest BCUT2D eigenvalue weighted by Crippen LogP contribution is -2.42. The number of H-pyrrole nitrogens is 1. The number of ether oxygens (including phenoxy) is 1. The molecule has 23 heavy (non-hydrogen) atoms. The number of amides is 1. The Bertz CT molecular complexity index is 690. The number of carbonyl (C=O) groups excluding carboxylic acids is 1. The van der Waals surface area contributed by atoms with Crippen LogP contribution in [-0.4, -0.2) is 45.7 Å². The summed E-state index contributed by atoms with van der Waals surface area (Å²) < 4.78 is 18.8. The predicted octanol–water partition coefficient (Wildman–Crippen LogP) is 1.46. The van der Waals surface area contributed by atoms with Crippen LogP contribution in [-0.2, 0) is 0 Å². The number of nitrogens with two attached hydrogens (primary N) is 1. The molecule has 1 aliphatic heterocycles. The van der Waals surface area contributed by atoms with E-state index in [4.69, 9.17) is 10.5 Å². The molecule has 3 N–H and O–H groups in total. The van der Waals surface area contributed by atoms with E-state index in [2.05, 4.69) is 15.2 Å². The topological polar surface area (TPSA) is 97.1 Å². The molecule has 0 saturated carbocycles. The van der Waals surface area contributed by atoms with E-state index in [1.54, 1.807) is 17.0 Å². The first-order valence-corrected chi connectivity index (χ1v) is 7.47. The number of nitrogens with one attached hydrogen (secondary N) is 1. The smallest absolute Gasteiger partial charge is 0.291 e. The lowest BCUT2D eigenvalue weighted by atomic mass is 9.99. The number of nitrogen functional groups attached to an aromatic ring is 1. The summed E-state index contributed by atoms with van der Waals surface area (Å²) in [5, 5.41) is 6.20. The number of aromatic nitrogens is 3. The summed E-state index contributed by atoms with van der Waals surface area (Å²) >= 11 is 0. The minimum atomic E-state index is -0.328. The summed E-state index contributed by atoms with van der Waals surface area (Å²) in [6.07, 6.45) is 1.84. The maximum atomic E-state index is 13.1. The second kappa shape index (κ2) is 6.64. The number of rotatable bonds is 4. The molecule has 7 nitrogen and oxygen atoms in total. The Balaban J connectivity index is 1.56. The molecule has 1 amide bonds. The van der Waals surface area contributed by atoms with E-state index in [1.807, 2.05) is 0 Å². The van der Waals surface area contributed by atoms with E-state index < -0.39 is 0 Å². The van der Waals surface area contributed by atoms with Crippen LogP contribution >= 0.6 is 0 Å². The number of hydrogen-bond acceptors (Lipinski definition) is 5. The molecule has 1 aromatic heterocycles. The van der Waals surface area contributed by atoms with Gasteiger partial charge < -0.3 is 15.4 Å². The molecular weight excluding hydrogens is 301 g/mol. The lowest BCUT2D eigenvalue weighted by Gasteiger charge is -2.32. The molecule has 1 fully saturated rings. The fourth-order valence-corrected chi connectivity index (χ4v) is 2.68. The average Bonchev–Trinajstić information content (AvgIpc) is 2.99. The molecular formula is C15H18FN5O2. The third-order valence-corrected chi connectivity index (χ3v) is 3.79. The van der Waals surface area contributed by atoms with Gasteiger partial charge in [0.25, 0.3) is 5.91 Å². The van der Waals surface area contributed by atoms with Crippen molar-refractivity contribution < 1.29 is 13.9 Å². The first-order chi connectivity index (χ1) is 11.1. The Morgan fingerprint density at radius 3 is 3.13 bits per heavy atom. The fraction of sp³-hybridized carbons (Fsp3) is 0.400. The van der Waals surface area contributed by atoms with Crippen molar-refractivity contribution in [2.75, 3.05) is 25.4 Å². The molecule has 0 radical (unpaired) electrons. The highest BCUT2D eigenvalue weighted by molar-refractivity contribution is 5.90. The van der Waals surface area contributed by atoms with Crippen molar-refractivity contribution in [3.05, 3.63) is 35.9 Å². The highest BCUT2D eigenvalue weighted by Gasteiger charge is 2.26. The summed E-state index contributed by atoms with van der Waals surface area (Å²) in [7, 11) is 0. The second-order valence-electron chi connectivity index (χ2n) is 5.57. The van der Waals surface area contributed by atoms with Crippen LogP contribution in [0, 0.1) is 11.7 Å². The molecule has 1 saturated heterocycles. The minimum absolute atomic E-state index is 0.0522. The Labute approximate surface area is 132 Å². The molecule has 2 aromatic rings. The Hall–Kier alpha value is -2.64.